The first-order valence-electron chi connectivity index (χ1n) is 6.73. The Hall–Kier alpha value is -3.13. The highest BCUT2D eigenvalue weighted by atomic mass is 16.2. The van der Waals surface area contributed by atoms with Gasteiger partial charge in [-0.05, 0) is 48.9 Å². The summed E-state index contributed by atoms with van der Waals surface area (Å²) in [5.41, 5.74) is 2.73. The third kappa shape index (κ3) is 4.18. The van der Waals surface area contributed by atoms with Gasteiger partial charge in [-0.1, -0.05) is 12.1 Å². The number of hydrogen-bond donors (Lipinski definition) is 2. The fourth-order valence-corrected chi connectivity index (χ4v) is 1.88. The number of anilines is 2. The second kappa shape index (κ2) is 7.04. The molecule has 0 spiro atoms. The van der Waals surface area contributed by atoms with Crippen LogP contribution in [0.2, 0.25) is 0 Å². The molecule has 0 aromatic heterocycles. The van der Waals surface area contributed by atoms with Crippen LogP contribution in [0.25, 0.3) is 0 Å². The molecule has 0 atom stereocenters. The zero-order chi connectivity index (χ0) is 15.9. The molecule has 0 aliphatic rings. The highest BCUT2D eigenvalue weighted by Crippen LogP contribution is 2.13. The molecule has 0 bridgehead atoms. The van der Waals surface area contributed by atoms with Crippen LogP contribution in [0.1, 0.15) is 22.8 Å². The minimum Gasteiger partial charge on any atom is -0.308 e. The predicted octanol–water partition coefficient (Wildman–Crippen LogP) is 3.60. The molecule has 2 rings (SSSR count). The Labute approximate surface area is 128 Å². The lowest BCUT2D eigenvalue weighted by Gasteiger charge is -2.08. The smallest absolute Gasteiger partial charge is 0.308 e. The molecule has 0 heterocycles. The predicted molar refractivity (Wildman–Crippen MR) is 84.8 cm³/mol. The number of hydrogen-bond acceptors (Lipinski definition) is 3. The Morgan fingerprint density at radius 1 is 0.955 bits per heavy atom. The first-order chi connectivity index (χ1) is 10.6. The molecule has 0 aliphatic carbocycles. The third-order valence-electron chi connectivity index (χ3n) is 3.04. The van der Waals surface area contributed by atoms with Crippen molar-refractivity contribution >= 4 is 23.2 Å². The molecule has 0 saturated heterocycles. The lowest BCUT2D eigenvalue weighted by molar-refractivity contribution is 0.101. The van der Waals surface area contributed by atoms with E-state index >= 15 is 0 Å². The van der Waals surface area contributed by atoms with Crippen LogP contribution in [0.4, 0.5) is 16.2 Å². The van der Waals surface area contributed by atoms with Crippen LogP contribution in [0.3, 0.4) is 0 Å². The monoisotopic (exact) mass is 293 g/mol. The zero-order valence-electron chi connectivity index (χ0n) is 12.1. The van der Waals surface area contributed by atoms with E-state index in [1.807, 2.05) is 0 Å². The summed E-state index contributed by atoms with van der Waals surface area (Å²) in [6.07, 6.45) is 0.342. The van der Waals surface area contributed by atoms with Gasteiger partial charge >= 0.3 is 6.03 Å². The molecule has 0 aliphatic heterocycles. The second-order valence-corrected chi connectivity index (χ2v) is 4.74. The molecule has 5 nitrogen and oxygen atoms in total. The Morgan fingerprint density at radius 3 is 1.91 bits per heavy atom. The van der Waals surface area contributed by atoms with Crippen LogP contribution in [0, 0.1) is 11.3 Å². The summed E-state index contributed by atoms with van der Waals surface area (Å²) < 4.78 is 0. The van der Waals surface area contributed by atoms with Crippen molar-refractivity contribution in [3.8, 4) is 6.07 Å². The third-order valence-corrected chi connectivity index (χ3v) is 3.04. The number of benzene rings is 2. The maximum Gasteiger partial charge on any atom is 0.323 e. The maximum atomic E-state index is 11.9. The number of rotatable bonds is 4. The topological polar surface area (TPSA) is 82.0 Å². The van der Waals surface area contributed by atoms with E-state index in [0.717, 1.165) is 5.56 Å². The lowest BCUT2D eigenvalue weighted by atomic mass is 10.1. The van der Waals surface area contributed by atoms with Crippen LogP contribution in [-0.2, 0) is 6.42 Å². The lowest BCUT2D eigenvalue weighted by Crippen LogP contribution is -2.19. The van der Waals surface area contributed by atoms with E-state index < -0.39 is 0 Å². The molecule has 22 heavy (non-hydrogen) atoms. The van der Waals surface area contributed by atoms with Gasteiger partial charge in [-0.15, -0.1) is 0 Å². The van der Waals surface area contributed by atoms with Gasteiger partial charge in [0.15, 0.2) is 5.78 Å². The van der Waals surface area contributed by atoms with E-state index in [2.05, 4.69) is 16.7 Å². The molecule has 0 radical (unpaired) electrons. The average Bonchev–Trinajstić information content (AvgIpc) is 2.50. The van der Waals surface area contributed by atoms with E-state index in [4.69, 9.17) is 5.26 Å². The fourth-order valence-electron chi connectivity index (χ4n) is 1.88. The standard InChI is InChI=1S/C17H15N3O2/c1-12(21)14-4-8-16(9-5-14)20-17(22)19-15-6-2-13(3-7-15)10-11-18/h2-9H,10H2,1H3,(H2,19,20,22). The number of nitrogens with zero attached hydrogens (tertiary/aromatic N) is 1. The molecule has 0 fully saturated rings. The molecular weight excluding hydrogens is 278 g/mol. The van der Waals surface area contributed by atoms with E-state index in [0.29, 0.717) is 23.4 Å². The summed E-state index contributed by atoms with van der Waals surface area (Å²) in [6, 6.07) is 15.4. The Kier molecular flexibility index (Phi) is 4.89. The fraction of sp³-hybridized carbons (Fsp3) is 0.118. The number of urea groups is 1. The van der Waals surface area contributed by atoms with Gasteiger partial charge in [0.25, 0.3) is 0 Å². The van der Waals surface area contributed by atoms with Crippen LogP contribution >= 0.6 is 0 Å². The highest BCUT2D eigenvalue weighted by Gasteiger charge is 2.04. The summed E-state index contributed by atoms with van der Waals surface area (Å²) in [5.74, 6) is -0.0199. The summed E-state index contributed by atoms with van der Waals surface area (Å²) in [6.45, 7) is 1.49. The zero-order valence-corrected chi connectivity index (χ0v) is 12.1. The summed E-state index contributed by atoms with van der Waals surface area (Å²) >= 11 is 0. The van der Waals surface area contributed by atoms with Gasteiger partial charge in [0.1, 0.15) is 0 Å². The van der Waals surface area contributed by atoms with Gasteiger partial charge in [-0.3, -0.25) is 4.79 Å². The van der Waals surface area contributed by atoms with E-state index in [1.165, 1.54) is 6.92 Å². The molecule has 2 N–H and O–H groups in total. The van der Waals surface area contributed by atoms with Crippen LogP contribution in [-0.4, -0.2) is 11.8 Å². The van der Waals surface area contributed by atoms with Gasteiger partial charge < -0.3 is 10.6 Å². The highest BCUT2D eigenvalue weighted by molar-refractivity contribution is 6.00. The molecule has 2 aromatic rings. The first-order valence-corrected chi connectivity index (χ1v) is 6.73. The van der Waals surface area contributed by atoms with E-state index in [1.54, 1.807) is 48.5 Å². The van der Waals surface area contributed by atoms with Crippen molar-refractivity contribution in [3.63, 3.8) is 0 Å². The Morgan fingerprint density at radius 2 is 1.45 bits per heavy atom. The van der Waals surface area contributed by atoms with Gasteiger partial charge in [0, 0.05) is 16.9 Å². The summed E-state index contributed by atoms with van der Waals surface area (Å²) in [5, 5.41) is 14.0. The van der Waals surface area contributed by atoms with Crippen molar-refractivity contribution in [1.29, 1.82) is 5.26 Å². The van der Waals surface area contributed by atoms with Gasteiger partial charge in [0.05, 0.1) is 12.5 Å². The number of Topliss-reactive ketones (excluding diaryl/α,β-unsaturated/α-hetero) is 1. The Balaban J connectivity index is 1.95. The largest absolute Gasteiger partial charge is 0.323 e. The summed E-state index contributed by atoms with van der Waals surface area (Å²) in [7, 11) is 0. The maximum absolute atomic E-state index is 11.9. The van der Waals surface area contributed by atoms with Crippen molar-refractivity contribution in [1.82, 2.24) is 0 Å². The van der Waals surface area contributed by atoms with Crippen molar-refractivity contribution in [2.75, 3.05) is 10.6 Å². The van der Waals surface area contributed by atoms with Crippen LogP contribution in [0.15, 0.2) is 48.5 Å². The van der Waals surface area contributed by atoms with Crippen LogP contribution < -0.4 is 10.6 Å². The number of nitrogens with one attached hydrogen (secondary N) is 2. The first kappa shape index (κ1) is 15.3. The number of carbonyl (C=O) groups is 2. The molecule has 110 valence electrons. The second-order valence-electron chi connectivity index (χ2n) is 4.74. The number of ketones is 1. The molecule has 0 unspecified atom stereocenters. The minimum atomic E-state index is -0.372. The normalized spacial score (nSPS) is 9.64. The number of nitriles is 1. The van der Waals surface area contributed by atoms with Gasteiger partial charge in [-0.25, -0.2) is 4.79 Å². The molecule has 2 aromatic carbocycles. The Bertz CT molecular complexity index is 713. The van der Waals surface area contributed by atoms with Gasteiger partial charge in [0.2, 0.25) is 0 Å². The van der Waals surface area contributed by atoms with E-state index in [9.17, 15) is 9.59 Å². The van der Waals surface area contributed by atoms with Crippen molar-refractivity contribution in [3.05, 3.63) is 59.7 Å². The van der Waals surface area contributed by atoms with Crippen molar-refractivity contribution in [2.45, 2.75) is 13.3 Å². The number of amides is 2. The quantitative estimate of drug-likeness (QED) is 0.845. The van der Waals surface area contributed by atoms with Crippen molar-refractivity contribution < 1.29 is 9.59 Å². The molecular formula is C17H15N3O2. The SMILES string of the molecule is CC(=O)c1ccc(NC(=O)Nc2ccc(CC#N)cc2)cc1. The summed E-state index contributed by atoms with van der Waals surface area (Å²) in [4.78, 5) is 23.0. The van der Waals surface area contributed by atoms with Crippen molar-refractivity contribution in [2.24, 2.45) is 0 Å². The number of carbonyl (C=O) groups excluding carboxylic acids is 2. The minimum absolute atomic E-state index is 0.0199. The molecule has 0 saturated carbocycles. The average molecular weight is 293 g/mol. The molecule has 2 amide bonds. The van der Waals surface area contributed by atoms with Crippen LogP contribution in [0.5, 0.6) is 0 Å². The van der Waals surface area contributed by atoms with E-state index in [-0.39, 0.29) is 11.8 Å². The van der Waals surface area contributed by atoms with Gasteiger partial charge in [-0.2, -0.15) is 5.26 Å². The molecule has 5 heteroatoms.